The zero-order valence-corrected chi connectivity index (χ0v) is 12.2. The van der Waals surface area contributed by atoms with Gasteiger partial charge in [0.2, 0.25) is 6.10 Å². The molecule has 6 heteroatoms. The van der Waals surface area contributed by atoms with Crippen molar-refractivity contribution in [1.29, 1.82) is 0 Å². The van der Waals surface area contributed by atoms with Crippen LogP contribution in [0.25, 0.3) is 0 Å². The van der Waals surface area contributed by atoms with Gasteiger partial charge in [0.15, 0.2) is 0 Å². The molecule has 0 radical (unpaired) electrons. The highest BCUT2D eigenvalue weighted by Crippen LogP contribution is 2.18. The molecule has 114 valence electrons. The minimum atomic E-state index is -0.708. The van der Waals surface area contributed by atoms with Crippen LogP contribution in [0.2, 0.25) is 0 Å². The molecule has 2 atom stereocenters. The van der Waals surface area contributed by atoms with Gasteiger partial charge in [-0.2, -0.15) is 0 Å². The van der Waals surface area contributed by atoms with Gasteiger partial charge in [0.25, 0.3) is 5.91 Å². The van der Waals surface area contributed by atoms with Crippen LogP contribution in [0.3, 0.4) is 0 Å². The molecule has 1 aliphatic heterocycles. The summed E-state index contributed by atoms with van der Waals surface area (Å²) in [5.41, 5.74) is 1.72. The van der Waals surface area contributed by atoms with E-state index in [1.807, 2.05) is 30.3 Å². The number of ether oxygens (including phenoxy) is 1. The third-order valence-electron chi connectivity index (χ3n) is 3.27. The number of aliphatic hydroxyl groups excluding tert-OH is 1. The van der Waals surface area contributed by atoms with E-state index >= 15 is 0 Å². The fourth-order valence-electron chi connectivity index (χ4n) is 2.21. The number of oxime groups is 1. The lowest BCUT2D eigenvalue weighted by Gasteiger charge is -2.22. The van der Waals surface area contributed by atoms with Crippen LogP contribution in [0.5, 0.6) is 0 Å². The van der Waals surface area contributed by atoms with Gasteiger partial charge < -0.3 is 19.6 Å². The Balaban J connectivity index is 1.89. The van der Waals surface area contributed by atoms with Crippen molar-refractivity contribution in [3.05, 3.63) is 35.9 Å². The third kappa shape index (κ3) is 4.03. The summed E-state index contributed by atoms with van der Waals surface area (Å²) in [7, 11) is 3.14. The Bertz CT molecular complexity index is 504. The molecular formula is C15H20N2O4. The van der Waals surface area contributed by atoms with Crippen LogP contribution in [0, 0.1) is 0 Å². The van der Waals surface area contributed by atoms with Crippen molar-refractivity contribution in [2.45, 2.75) is 18.6 Å². The summed E-state index contributed by atoms with van der Waals surface area (Å²) < 4.78 is 4.84. The number of hydrogen-bond acceptors (Lipinski definition) is 5. The van der Waals surface area contributed by atoms with Gasteiger partial charge in [-0.15, -0.1) is 0 Å². The zero-order chi connectivity index (χ0) is 15.2. The largest absolute Gasteiger partial charge is 0.389 e. The highest BCUT2D eigenvalue weighted by atomic mass is 16.6. The molecule has 2 rings (SSSR count). The van der Waals surface area contributed by atoms with Crippen molar-refractivity contribution in [1.82, 2.24) is 4.90 Å². The minimum absolute atomic E-state index is 0.189. The van der Waals surface area contributed by atoms with Crippen LogP contribution in [0.1, 0.15) is 12.0 Å². The fourth-order valence-corrected chi connectivity index (χ4v) is 2.21. The second-order valence-corrected chi connectivity index (χ2v) is 5.03. The van der Waals surface area contributed by atoms with E-state index in [9.17, 15) is 9.90 Å². The Hall–Kier alpha value is -1.92. The van der Waals surface area contributed by atoms with E-state index < -0.39 is 12.2 Å². The first kappa shape index (κ1) is 15.5. The van der Waals surface area contributed by atoms with E-state index in [0.717, 1.165) is 11.3 Å². The third-order valence-corrected chi connectivity index (χ3v) is 3.27. The maximum atomic E-state index is 12.2. The number of hydrogen-bond donors (Lipinski definition) is 1. The summed E-state index contributed by atoms with van der Waals surface area (Å²) in [6.45, 7) is 0.391. The molecule has 0 aromatic heterocycles. The van der Waals surface area contributed by atoms with E-state index in [1.54, 1.807) is 7.05 Å². The normalized spacial score (nSPS) is 18.8. The molecular weight excluding hydrogens is 272 g/mol. The van der Waals surface area contributed by atoms with Gasteiger partial charge in [0.1, 0.15) is 0 Å². The summed E-state index contributed by atoms with van der Waals surface area (Å²) in [6, 6.07) is 9.62. The van der Waals surface area contributed by atoms with Crippen molar-refractivity contribution < 1.29 is 19.5 Å². The van der Waals surface area contributed by atoms with Crippen LogP contribution in [-0.2, 0) is 14.4 Å². The second kappa shape index (κ2) is 7.19. The Labute approximate surface area is 124 Å². The molecule has 0 spiro atoms. The molecule has 1 N–H and O–H groups in total. The molecule has 6 nitrogen and oxygen atoms in total. The number of likely N-dealkylation sites (N-methyl/N-ethyl adjacent to an activating group) is 1. The molecule has 0 saturated heterocycles. The molecule has 21 heavy (non-hydrogen) atoms. The first-order valence-electron chi connectivity index (χ1n) is 6.82. The van der Waals surface area contributed by atoms with Gasteiger partial charge in [0.05, 0.1) is 18.4 Å². The van der Waals surface area contributed by atoms with Crippen LogP contribution in [0.15, 0.2) is 35.5 Å². The Morgan fingerprint density at radius 1 is 1.52 bits per heavy atom. The Kier molecular flexibility index (Phi) is 5.30. The molecule has 0 aliphatic carbocycles. The monoisotopic (exact) mass is 292 g/mol. The van der Waals surface area contributed by atoms with Gasteiger partial charge >= 0.3 is 0 Å². The van der Waals surface area contributed by atoms with Crippen molar-refractivity contribution in [2.24, 2.45) is 5.16 Å². The van der Waals surface area contributed by atoms with Gasteiger partial charge in [-0.25, -0.2) is 0 Å². The highest BCUT2D eigenvalue weighted by molar-refractivity contribution is 6.04. The maximum absolute atomic E-state index is 12.2. The first-order valence-corrected chi connectivity index (χ1v) is 6.82. The van der Waals surface area contributed by atoms with E-state index in [1.165, 1.54) is 12.0 Å². The highest BCUT2D eigenvalue weighted by Gasteiger charge is 2.31. The second-order valence-electron chi connectivity index (χ2n) is 5.03. The molecule has 1 amide bonds. The number of aliphatic hydroxyl groups is 1. The number of nitrogens with zero attached hydrogens (tertiary/aromatic N) is 2. The average molecular weight is 292 g/mol. The predicted octanol–water partition coefficient (Wildman–Crippen LogP) is 0.645. The minimum Gasteiger partial charge on any atom is -0.389 e. The van der Waals surface area contributed by atoms with Crippen molar-refractivity contribution in [3.8, 4) is 0 Å². The van der Waals surface area contributed by atoms with E-state index in [-0.39, 0.29) is 19.1 Å². The number of benzene rings is 1. The maximum Gasteiger partial charge on any atom is 0.266 e. The summed E-state index contributed by atoms with van der Waals surface area (Å²) >= 11 is 0. The Morgan fingerprint density at radius 2 is 2.24 bits per heavy atom. The van der Waals surface area contributed by atoms with E-state index in [4.69, 9.17) is 9.57 Å². The zero-order valence-electron chi connectivity index (χ0n) is 12.2. The van der Waals surface area contributed by atoms with Crippen LogP contribution < -0.4 is 0 Å². The number of carbonyl (C=O) groups excluding carboxylic acids is 1. The van der Waals surface area contributed by atoms with Crippen LogP contribution >= 0.6 is 0 Å². The Morgan fingerprint density at radius 3 is 2.90 bits per heavy atom. The molecule has 1 heterocycles. The lowest BCUT2D eigenvalue weighted by atomic mass is 10.0. The number of carbonyl (C=O) groups is 1. The smallest absolute Gasteiger partial charge is 0.266 e. The average Bonchev–Trinajstić information content (AvgIpc) is 2.97. The van der Waals surface area contributed by atoms with Crippen molar-refractivity contribution in [2.75, 3.05) is 27.3 Å². The fraction of sp³-hybridized carbons (Fsp3) is 0.467. The summed E-state index contributed by atoms with van der Waals surface area (Å²) in [6.07, 6.45) is -0.895. The number of rotatable bonds is 6. The van der Waals surface area contributed by atoms with Gasteiger partial charge in [-0.3, -0.25) is 4.79 Å². The predicted molar refractivity (Wildman–Crippen MR) is 78.0 cm³/mol. The molecule has 1 aliphatic rings. The van der Waals surface area contributed by atoms with Crippen molar-refractivity contribution in [3.63, 3.8) is 0 Å². The van der Waals surface area contributed by atoms with Crippen LogP contribution in [0.4, 0.5) is 0 Å². The summed E-state index contributed by atoms with van der Waals surface area (Å²) in [4.78, 5) is 18.9. The van der Waals surface area contributed by atoms with Crippen molar-refractivity contribution >= 4 is 11.6 Å². The standard InChI is InChI=1S/C15H20N2O4/c1-17(9-12(18)10-20-2)15(19)14-8-13(16-21-14)11-6-4-3-5-7-11/h3-7,12,14,18H,8-10H2,1-2H3. The number of methoxy groups -OCH3 is 1. The SMILES string of the molecule is COCC(O)CN(C)C(=O)C1CC(c2ccccc2)=NO1. The lowest BCUT2D eigenvalue weighted by Crippen LogP contribution is -2.41. The molecule has 0 saturated carbocycles. The molecule has 0 fully saturated rings. The quantitative estimate of drug-likeness (QED) is 0.835. The van der Waals surface area contributed by atoms with Gasteiger partial charge in [-0.1, -0.05) is 35.5 Å². The molecule has 2 unspecified atom stereocenters. The molecule has 1 aromatic rings. The topological polar surface area (TPSA) is 71.4 Å². The summed E-state index contributed by atoms with van der Waals surface area (Å²) in [5, 5.41) is 13.6. The van der Waals surface area contributed by atoms with Crippen LogP contribution in [-0.4, -0.2) is 61.1 Å². The van der Waals surface area contributed by atoms with E-state index in [2.05, 4.69) is 5.16 Å². The van der Waals surface area contributed by atoms with Gasteiger partial charge in [-0.05, 0) is 5.56 Å². The van der Waals surface area contributed by atoms with E-state index in [0.29, 0.717) is 6.42 Å². The lowest BCUT2D eigenvalue weighted by molar-refractivity contribution is -0.142. The molecule has 0 bridgehead atoms. The number of amides is 1. The van der Waals surface area contributed by atoms with Gasteiger partial charge in [0, 0.05) is 27.1 Å². The molecule has 1 aromatic carbocycles. The first-order chi connectivity index (χ1) is 10.1. The summed E-state index contributed by atoms with van der Waals surface area (Å²) in [5.74, 6) is -0.195.